The Balaban J connectivity index is 1.58. The van der Waals surface area contributed by atoms with Crippen molar-refractivity contribution in [2.24, 2.45) is 0 Å². The molecule has 0 bridgehead atoms. The number of carbonyl (C=O) groups is 2. The topological polar surface area (TPSA) is 114 Å². The fourth-order valence-corrected chi connectivity index (χ4v) is 4.94. The molecular weight excluding hydrogens is 458 g/mol. The van der Waals surface area contributed by atoms with Gasteiger partial charge >= 0.3 is 11.8 Å². The predicted molar refractivity (Wildman–Crippen MR) is 118 cm³/mol. The molecule has 2 N–H and O–H groups in total. The Kier molecular flexibility index (Phi) is 7.73. The van der Waals surface area contributed by atoms with Gasteiger partial charge in [0.25, 0.3) is 0 Å². The van der Waals surface area contributed by atoms with E-state index in [1.807, 2.05) is 0 Å². The van der Waals surface area contributed by atoms with Crippen molar-refractivity contribution >= 4 is 33.4 Å². The average Bonchev–Trinajstić information content (AvgIpc) is 3.26. The fraction of sp³-hybridized carbons (Fsp3) is 0.333. The van der Waals surface area contributed by atoms with Gasteiger partial charge in [-0.25, -0.2) is 8.42 Å². The summed E-state index contributed by atoms with van der Waals surface area (Å²) < 4.78 is 37.9. The van der Waals surface area contributed by atoms with Gasteiger partial charge in [0.15, 0.2) is 0 Å². The summed E-state index contributed by atoms with van der Waals surface area (Å²) in [5.41, 5.74) is 1.46. The lowest BCUT2D eigenvalue weighted by molar-refractivity contribution is -0.139. The summed E-state index contributed by atoms with van der Waals surface area (Å²) in [6.45, 7) is 2.05. The summed E-state index contributed by atoms with van der Waals surface area (Å²) in [5.74, 6) is -1.14. The Hall–Kier alpha value is -2.66. The molecule has 2 aromatic rings. The molecule has 0 aromatic heterocycles. The number of halogens is 1. The van der Waals surface area contributed by atoms with Crippen molar-refractivity contribution in [1.29, 1.82) is 0 Å². The lowest BCUT2D eigenvalue weighted by Gasteiger charge is -2.23. The van der Waals surface area contributed by atoms with Gasteiger partial charge in [-0.1, -0.05) is 23.7 Å². The van der Waals surface area contributed by atoms with Gasteiger partial charge in [-0.15, -0.1) is 0 Å². The van der Waals surface area contributed by atoms with E-state index in [1.54, 1.807) is 37.3 Å². The lowest BCUT2D eigenvalue weighted by Crippen LogP contribution is -2.47. The number of ether oxygens (including phenoxy) is 2. The maximum Gasteiger partial charge on any atom is 0.309 e. The van der Waals surface area contributed by atoms with Crippen molar-refractivity contribution < 1.29 is 27.5 Å². The van der Waals surface area contributed by atoms with Gasteiger partial charge in [0, 0.05) is 18.1 Å². The predicted octanol–water partition coefficient (Wildman–Crippen LogP) is 1.44. The number of nitrogens with one attached hydrogen (secondary N) is 2. The Labute approximate surface area is 191 Å². The second-order valence-corrected chi connectivity index (χ2v) is 9.42. The van der Waals surface area contributed by atoms with Crippen molar-refractivity contribution in [2.45, 2.75) is 24.6 Å². The Morgan fingerprint density at radius 2 is 1.84 bits per heavy atom. The van der Waals surface area contributed by atoms with Crippen molar-refractivity contribution in [1.82, 2.24) is 14.9 Å². The number of hydrogen-bond donors (Lipinski definition) is 2. The third-order valence-corrected chi connectivity index (χ3v) is 7.06. The SMILES string of the molecule is COc1ccc(S(=O)(=O)N2CCO[C@@H]2CNC(=O)C(=O)NCc2ccc(Cl)cc2)cc1C. The molecule has 9 nitrogen and oxygen atoms in total. The molecule has 0 unspecified atom stereocenters. The molecule has 0 spiro atoms. The van der Waals surface area contributed by atoms with E-state index in [0.29, 0.717) is 16.3 Å². The van der Waals surface area contributed by atoms with Crippen molar-refractivity contribution in [2.75, 3.05) is 26.8 Å². The van der Waals surface area contributed by atoms with Gasteiger partial charge < -0.3 is 20.1 Å². The van der Waals surface area contributed by atoms with Gasteiger partial charge in [-0.05, 0) is 48.4 Å². The van der Waals surface area contributed by atoms with Crippen LogP contribution in [0.1, 0.15) is 11.1 Å². The number of aryl methyl sites for hydroxylation is 1. The molecular formula is C21H24ClN3O6S. The quantitative estimate of drug-likeness (QED) is 0.578. The summed E-state index contributed by atoms with van der Waals surface area (Å²) >= 11 is 5.82. The van der Waals surface area contributed by atoms with Crippen LogP contribution < -0.4 is 15.4 Å². The number of sulfonamides is 1. The van der Waals surface area contributed by atoms with Crippen LogP contribution in [0.25, 0.3) is 0 Å². The van der Waals surface area contributed by atoms with E-state index in [4.69, 9.17) is 21.1 Å². The van der Waals surface area contributed by atoms with Gasteiger partial charge in [-0.3, -0.25) is 9.59 Å². The number of benzene rings is 2. The molecule has 1 aliphatic heterocycles. The largest absolute Gasteiger partial charge is 0.496 e. The highest BCUT2D eigenvalue weighted by molar-refractivity contribution is 7.89. The first-order chi connectivity index (χ1) is 15.2. The maximum atomic E-state index is 13.1. The van der Waals surface area contributed by atoms with E-state index >= 15 is 0 Å². The molecule has 32 heavy (non-hydrogen) atoms. The highest BCUT2D eigenvalue weighted by atomic mass is 35.5. The van der Waals surface area contributed by atoms with E-state index in [0.717, 1.165) is 5.56 Å². The van der Waals surface area contributed by atoms with Crippen LogP contribution in [-0.4, -0.2) is 57.6 Å². The normalized spacial score (nSPS) is 16.5. The summed E-state index contributed by atoms with van der Waals surface area (Å²) in [4.78, 5) is 24.3. The number of methoxy groups -OCH3 is 1. The number of amides is 2. The number of hydrogen-bond acceptors (Lipinski definition) is 6. The Morgan fingerprint density at radius 3 is 2.50 bits per heavy atom. The highest BCUT2D eigenvalue weighted by Gasteiger charge is 2.37. The molecule has 1 fully saturated rings. The average molecular weight is 482 g/mol. The van der Waals surface area contributed by atoms with E-state index < -0.39 is 28.1 Å². The second kappa shape index (κ2) is 10.3. The minimum atomic E-state index is -3.86. The molecule has 2 amide bonds. The van der Waals surface area contributed by atoms with E-state index in [2.05, 4.69) is 10.6 Å². The van der Waals surface area contributed by atoms with Crippen LogP contribution in [0.15, 0.2) is 47.4 Å². The zero-order valence-electron chi connectivity index (χ0n) is 17.6. The molecule has 0 saturated carbocycles. The van der Waals surface area contributed by atoms with Crippen LogP contribution >= 0.6 is 11.6 Å². The molecule has 2 aromatic carbocycles. The number of rotatable bonds is 7. The smallest absolute Gasteiger partial charge is 0.309 e. The zero-order valence-corrected chi connectivity index (χ0v) is 19.2. The first-order valence-corrected chi connectivity index (χ1v) is 11.6. The molecule has 3 rings (SSSR count). The highest BCUT2D eigenvalue weighted by Crippen LogP contribution is 2.26. The lowest BCUT2D eigenvalue weighted by atomic mass is 10.2. The van der Waals surface area contributed by atoms with Crippen LogP contribution in [0.2, 0.25) is 5.02 Å². The van der Waals surface area contributed by atoms with Crippen LogP contribution in [0, 0.1) is 6.92 Å². The van der Waals surface area contributed by atoms with Gasteiger partial charge in [-0.2, -0.15) is 4.31 Å². The van der Waals surface area contributed by atoms with Crippen molar-refractivity contribution in [3.05, 3.63) is 58.6 Å². The molecule has 1 heterocycles. The summed E-state index contributed by atoms with van der Waals surface area (Å²) in [5, 5.41) is 5.50. The first kappa shape index (κ1) is 24.0. The van der Waals surface area contributed by atoms with Crippen LogP contribution in [0.3, 0.4) is 0 Å². The van der Waals surface area contributed by atoms with Crippen LogP contribution in [0.4, 0.5) is 0 Å². The van der Waals surface area contributed by atoms with Crippen LogP contribution in [-0.2, 0) is 30.9 Å². The third-order valence-electron chi connectivity index (χ3n) is 4.93. The van der Waals surface area contributed by atoms with E-state index in [9.17, 15) is 18.0 Å². The molecule has 0 radical (unpaired) electrons. The molecule has 1 aliphatic rings. The summed E-state index contributed by atoms with van der Waals surface area (Å²) in [7, 11) is -2.35. The molecule has 11 heteroatoms. The molecule has 1 saturated heterocycles. The first-order valence-electron chi connectivity index (χ1n) is 9.81. The number of nitrogens with zero attached hydrogens (tertiary/aromatic N) is 1. The van der Waals surface area contributed by atoms with Gasteiger partial charge in [0.1, 0.15) is 12.0 Å². The van der Waals surface area contributed by atoms with Crippen molar-refractivity contribution in [3.8, 4) is 5.75 Å². The third kappa shape index (κ3) is 5.57. The van der Waals surface area contributed by atoms with E-state index in [-0.39, 0.29) is 31.1 Å². The standard InChI is InChI=1S/C21H24ClN3O6S/c1-14-11-17(7-8-18(14)30-2)32(28,29)25-9-10-31-19(25)13-24-21(27)20(26)23-12-15-3-5-16(22)6-4-15/h3-8,11,19H,9-10,12-13H2,1-2H3,(H,23,26)(H,24,27)/t19-/m1/s1. The molecule has 172 valence electrons. The zero-order chi connectivity index (χ0) is 23.3. The Bertz CT molecular complexity index is 1090. The summed E-state index contributed by atoms with van der Waals surface area (Å²) in [6, 6.07) is 11.4. The number of carbonyl (C=O) groups excluding carboxylic acids is 2. The fourth-order valence-electron chi connectivity index (χ4n) is 3.21. The monoisotopic (exact) mass is 481 g/mol. The molecule has 0 aliphatic carbocycles. The maximum absolute atomic E-state index is 13.1. The molecule has 1 atom stereocenters. The minimum absolute atomic E-state index is 0.0957. The second-order valence-electron chi connectivity index (χ2n) is 7.09. The Morgan fingerprint density at radius 1 is 1.16 bits per heavy atom. The van der Waals surface area contributed by atoms with E-state index in [1.165, 1.54) is 23.5 Å². The summed E-state index contributed by atoms with van der Waals surface area (Å²) in [6.07, 6.45) is -0.921. The van der Waals surface area contributed by atoms with Crippen LogP contribution in [0.5, 0.6) is 5.75 Å². The van der Waals surface area contributed by atoms with Gasteiger partial charge in [0.05, 0.1) is 25.2 Å². The van der Waals surface area contributed by atoms with Crippen molar-refractivity contribution in [3.63, 3.8) is 0 Å². The van der Waals surface area contributed by atoms with Gasteiger partial charge in [0.2, 0.25) is 10.0 Å². The minimum Gasteiger partial charge on any atom is -0.496 e.